The second kappa shape index (κ2) is 4.59. The molecule has 4 rings (SSSR count). The SMILES string of the molecule is CCC.CCC1CC2CC1C1C3CCC(C3)C21. The van der Waals surface area contributed by atoms with E-state index in [1.165, 1.54) is 48.3 Å². The van der Waals surface area contributed by atoms with E-state index in [1.54, 1.807) is 32.1 Å². The van der Waals surface area contributed by atoms with Crippen LogP contribution in [0.15, 0.2) is 0 Å². The molecule has 4 saturated carbocycles. The predicted molar refractivity (Wildman–Crippen MR) is 73.8 cm³/mol. The Morgan fingerprint density at radius 1 is 0.765 bits per heavy atom. The number of hydrogen-bond donors (Lipinski definition) is 0. The van der Waals surface area contributed by atoms with E-state index in [1.807, 2.05) is 0 Å². The molecule has 4 fully saturated rings. The van der Waals surface area contributed by atoms with Crippen LogP contribution < -0.4 is 0 Å². The van der Waals surface area contributed by atoms with Crippen LogP contribution in [0, 0.1) is 41.4 Å². The van der Waals surface area contributed by atoms with Crippen LogP contribution in [-0.4, -0.2) is 0 Å². The van der Waals surface area contributed by atoms with Gasteiger partial charge in [0.15, 0.2) is 0 Å². The minimum atomic E-state index is 1.14. The third kappa shape index (κ3) is 1.70. The summed E-state index contributed by atoms with van der Waals surface area (Å²) in [7, 11) is 0. The van der Waals surface area contributed by atoms with Crippen LogP contribution >= 0.6 is 0 Å². The van der Waals surface area contributed by atoms with Gasteiger partial charge < -0.3 is 0 Å². The maximum Gasteiger partial charge on any atom is -0.0321 e. The van der Waals surface area contributed by atoms with Crippen molar-refractivity contribution in [3.8, 4) is 0 Å². The van der Waals surface area contributed by atoms with Crippen LogP contribution in [-0.2, 0) is 0 Å². The largest absolute Gasteiger partial charge is 0.0656 e. The van der Waals surface area contributed by atoms with Gasteiger partial charge in [0.2, 0.25) is 0 Å². The summed E-state index contributed by atoms with van der Waals surface area (Å²) in [5.74, 6) is 8.34. The van der Waals surface area contributed by atoms with E-state index >= 15 is 0 Å². The standard InChI is InChI=1S/C14H22.C3H8/c1-2-8-5-11-7-12(8)14-10-4-3-9(6-10)13(11)14;1-3-2/h8-14H,2-7H2,1H3;3H2,1-2H3. The van der Waals surface area contributed by atoms with Gasteiger partial charge in [-0.3, -0.25) is 0 Å². The summed E-state index contributed by atoms with van der Waals surface area (Å²) in [5.41, 5.74) is 0. The topological polar surface area (TPSA) is 0 Å². The van der Waals surface area contributed by atoms with Gasteiger partial charge in [0.05, 0.1) is 0 Å². The number of rotatable bonds is 1. The lowest BCUT2D eigenvalue weighted by Gasteiger charge is -2.38. The fourth-order valence-corrected chi connectivity index (χ4v) is 6.17. The van der Waals surface area contributed by atoms with Gasteiger partial charge in [-0.1, -0.05) is 33.6 Å². The highest BCUT2D eigenvalue weighted by molar-refractivity contribution is 5.10. The normalized spacial score (nSPS) is 53.5. The minimum Gasteiger partial charge on any atom is -0.0656 e. The van der Waals surface area contributed by atoms with Crippen LogP contribution in [0.3, 0.4) is 0 Å². The van der Waals surface area contributed by atoms with Crippen molar-refractivity contribution in [2.24, 2.45) is 41.4 Å². The van der Waals surface area contributed by atoms with Gasteiger partial charge in [-0.05, 0) is 73.5 Å². The first-order valence-electron chi connectivity index (χ1n) is 8.30. The Balaban J connectivity index is 0.000000276. The van der Waals surface area contributed by atoms with E-state index in [0.29, 0.717) is 0 Å². The van der Waals surface area contributed by atoms with E-state index in [2.05, 4.69) is 20.8 Å². The van der Waals surface area contributed by atoms with Crippen molar-refractivity contribution in [3.05, 3.63) is 0 Å². The van der Waals surface area contributed by atoms with E-state index in [-0.39, 0.29) is 0 Å². The third-order valence-electron chi connectivity index (χ3n) is 6.40. The molecule has 0 nitrogen and oxygen atoms in total. The molecule has 98 valence electrons. The molecule has 0 aliphatic heterocycles. The summed E-state index contributed by atoms with van der Waals surface area (Å²) in [5, 5.41) is 0. The van der Waals surface area contributed by atoms with Gasteiger partial charge in [-0.15, -0.1) is 0 Å². The molecule has 17 heavy (non-hydrogen) atoms. The van der Waals surface area contributed by atoms with Crippen molar-refractivity contribution in [3.63, 3.8) is 0 Å². The summed E-state index contributed by atoms with van der Waals surface area (Å²) in [6, 6.07) is 0. The van der Waals surface area contributed by atoms with Gasteiger partial charge in [0.1, 0.15) is 0 Å². The van der Waals surface area contributed by atoms with Crippen LogP contribution in [0.5, 0.6) is 0 Å². The van der Waals surface area contributed by atoms with Crippen molar-refractivity contribution in [2.75, 3.05) is 0 Å². The molecule has 0 aromatic heterocycles. The fraction of sp³-hybridized carbons (Fsp3) is 1.00. The molecule has 4 aliphatic rings. The predicted octanol–water partition coefficient (Wildman–Crippen LogP) is 5.13. The van der Waals surface area contributed by atoms with Gasteiger partial charge in [-0.2, -0.15) is 0 Å². The Morgan fingerprint density at radius 3 is 2.06 bits per heavy atom. The molecule has 0 aromatic carbocycles. The minimum absolute atomic E-state index is 1.14. The van der Waals surface area contributed by atoms with E-state index < -0.39 is 0 Å². The van der Waals surface area contributed by atoms with Gasteiger partial charge in [0, 0.05) is 0 Å². The highest BCUT2D eigenvalue weighted by Crippen LogP contribution is 2.69. The molecule has 7 unspecified atom stereocenters. The Hall–Kier alpha value is 0. The zero-order chi connectivity index (χ0) is 12.0. The second-order valence-electron chi connectivity index (χ2n) is 7.26. The number of hydrogen-bond acceptors (Lipinski definition) is 0. The fourth-order valence-electron chi connectivity index (χ4n) is 6.17. The first-order valence-corrected chi connectivity index (χ1v) is 8.30. The maximum atomic E-state index is 2.42. The first kappa shape index (κ1) is 12.1. The lowest BCUT2D eigenvalue weighted by atomic mass is 9.67. The Labute approximate surface area is 108 Å². The first-order chi connectivity index (χ1) is 8.30. The third-order valence-corrected chi connectivity index (χ3v) is 6.40. The molecular formula is C17H30. The average Bonchev–Trinajstić information content (AvgIpc) is 3.07. The molecule has 0 spiro atoms. The molecular weight excluding hydrogens is 204 g/mol. The molecule has 0 heteroatoms. The summed E-state index contributed by atoms with van der Waals surface area (Å²) < 4.78 is 0. The smallest absolute Gasteiger partial charge is 0.0321 e. The molecule has 7 atom stereocenters. The monoisotopic (exact) mass is 234 g/mol. The molecule has 0 heterocycles. The molecule has 0 radical (unpaired) electrons. The maximum absolute atomic E-state index is 2.42. The highest BCUT2D eigenvalue weighted by Gasteiger charge is 2.61. The van der Waals surface area contributed by atoms with Gasteiger partial charge in [-0.25, -0.2) is 0 Å². The van der Waals surface area contributed by atoms with E-state index in [0.717, 1.165) is 5.92 Å². The van der Waals surface area contributed by atoms with Crippen LogP contribution in [0.2, 0.25) is 0 Å². The molecule has 0 aromatic rings. The van der Waals surface area contributed by atoms with Gasteiger partial charge in [0.25, 0.3) is 0 Å². The number of fused-ring (bicyclic) bond motifs is 9. The molecule has 0 N–H and O–H groups in total. The lowest BCUT2D eigenvalue weighted by Crippen LogP contribution is -2.32. The van der Waals surface area contributed by atoms with E-state index in [4.69, 9.17) is 0 Å². The Bertz CT molecular complexity index is 269. The summed E-state index contributed by atoms with van der Waals surface area (Å²) in [4.78, 5) is 0. The molecule has 0 saturated heterocycles. The Morgan fingerprint density at radius 2 is 1.41 bits per heavy atom. The molecule has 4 bridgehead atoms. The molecule has 0 amide bonds. The second-order valence-corrected chi connectivity index (χ2v) is 7.26. The van der Waals surface area contributed by atoms with Crippen molar-refractivity contribution < 1.29 is 0 Å². The van der Waals surface area contributed by atoms with Crippen molar-refractivity contribution in [1.82, 2.24) is 0 Å². The van der Waals surface area contributed by atoms with Crippen LogP contribution in [0.1, 0.15) is 65.7 Å². The summed E-state index contributed by atoms with van der Waals surface area (Å²) in [6.45, 7) is 6.67. The summed E-state index contributed by atoms with van der Waals surface area (Å²) >= 11 is 0. The highest BCUT2D eigenvalue weighted by atomic mass is 14.7. The van der Waals surface area contributed by atoms with E-state index in [9.17, 15) is 0 Å². The zero-order valence-electron chi connectivity index (χ0n) is 12.0. The van der Waals surface area contributed by atoms with Crippen molar-refractivity contribution in [2.45, 2.75) is 65.7 Å². The van der Waals surface area contributed by atoms with Crippen molar-refractivity contribution >= 4 is 0 Å². The zero-order valence-corrected chi connectivity index (χ0v) is 12.0. The van der Waals surface area contributed by atoms with Crippen LogP contribution in [0.4, 0.5) is 0 Å². The van der Waals surface area contributed by atoms with Crippen LogP contribution in [0.25, 0.3) is 0 Å². The lowest BCUT2D eigenvalue weighted by molar-refractivity contribution is 0.103. The molecule has 4 aliphatic carbocycles. The quantitative estimate of drug-likeness (QED) is 0.552. The van der Waals surface area contributed by atoms with Crippen molar-refractivity contribution in [1.29, 1.82) is 0 Å². The van der Waals surface area contributed by atoms with Gasteiger partial charge >= 0.3 is 0 Å². The summed E-state index contributed by atoms with van der Waals surface area (Å²) in [6.07, 6.45) is 10.8. The Kier molecular flexibility index (Phi) is 3.26. The average molecular weight is 234 g/mol.